The summed E-state index contributed by atoms with van der Waals surface area (Å²) in [5.74, 6) is 0.922. The molecule has 0 aliphatic rings. The number of benzene rings is 2. The van der Waals surface area contributed by atoms with Crippen LogP contribution in [0.5, 0.6) is 17.2 Å². The number of hydrogen-bond acceptors (Lipinski definition) is 6. The largest absolute Gasteiger partial charge is 0.490 e. The molecule has 0 atom stereocenters. The minimum Gasteiger partial charge on any atom is -0.490 e. The van der Waals surface area contributed by atoms with Crippen LogP contribution in [-0.4, -0.2) is 51.5 Å². The standard InChI is InChI=1S/C23H32N2O6S/c1-6-25(7-2)32(27,28)19-13-11-18(12-14-19)24-23(26)17-15-20(29-8-3)22(31-10-5)21(16-17)30-9-4/h11-16H,6-10H2,1-5H3,(H,24,26). The molecule has 1 amide bonds. The van der Waals surface area contributed by atoms with E-state index in [1.807, 2.05) is 20.8 Å². The molecule has 2 aromatic rings. The second kappa shape index (κ2) is 11.7. The zero-order valence-electron chi connectivity index (χ0n) is 19.3. The quantitative estimate of drug-likeness (QED) is 0.507. The highest BCUT2D eigenvalue weighted by Crippen LogP contribution is 2.39. The third-order valence-corrected chi connectivity index (χ3v) is 6.69. The Morgan fingerprint density at radius 1 is 0.844 bits per heavy atom. The number of nitrogens with one attached hydrogen (secondary N) is 1. The fourth-order valence-corrected chi connectivity index (χ4v) is 4.60. The molecule has 2 rings (SSSR count). The number of carbonyl (C=O) groups is 1. The van der Waals surface area contributed by atoms with Crippen molar-refractivity contribution in [1.29, 1.82) is 0 Å². The van der Waals surface area contributed by atoms with E-state index in [-0.39, 0.29) is 10.8 Å². The molecule has 0 bridgehead atoms. The first-order chi connectivity index (χ1) is 15.3. The minimum absolute atomic E-state index is 0.178. The molecule has 0 heterocycles. The minimum atomic E-state index is -3.56. The summed E-state index contributed by atoms with van der Waals surface area (Å²) in [6, 6.07) is 9.31. The molecular weight excluding hydrogens is 432 g/mol. The summed E-state index contributed by atoms with van der Waals surface area (Å²) < 4.78 is 43.6. The fraction of sp³-hybridized carbons (Fsp3) is 0.435. The van der Waals surface area contributed by atoms with Gasteiger partial charge in [0.05, 0.1) is 24.7 Å². The topological polar surface area (TPSA) is 94.2 Å². The van der Waals surface area contributed by atoms with Crippen LogP contribution < -0.4 is 19.5 Å². The molecule has 8 nitrogen and oxygen atoms in total. The van der Waals surface area contributed by atoms with Crippen molar-refractivity contribution in [2.24, 2.45) is 0 Å². The SMILES string of the molecule is CCOc1cc(C(=O)Nc2ccc(S(=O)(=O)N(CC)CC)cc2)cc(OCC)c1OCC. The Morgan fingerprint density at radius 2 is 1.34 bits per heavy atom. The van der Waals surface area contributed by atoms with E-state index in [4.69, 9.17) is 14.2 Å². The number of carbonyl (C=O) groups excluding carboxylic acids is 1. The zero-order chi connectivity index (χ0) is 23.7. The van der Waals surface area contributed by atoms with Crippen molar-refractivity contribution in [3.63, 3.8) is 0 Å². The molecule has 176 valence electrons. The van der Waals surface area contributed by atoms with Gasteiger partial charge in [0, 0.05) is 24.3 Å². The van der Waals surface area contributed by atoms with Gasteiger partial charge in [0.15, 0.2) is 11.5 Å². The number of sulfonamides is 1. The van der Waals surface area contributed by atoms with Gasteiger partial charge in [0.1, 0.15) is 0 Å². The third kappa shape index (κ3) is 5.92. The molecule has 0 fully saturated rings. The van der Waals surface area contributed by atoms with E-state index in [1.165, 1.54) is 16.4 Å². The highest BCUT2D eigenvalue weighted by Gasteiger charge is 2.22. The van der Waals surface area contributed by atoms with Crippen molar-refractivity contribution in [3.05, 3.63) is 42.0 Å². The predicted octanol–water partition coefficient (Wildman–Crippen LogP) is 4.17. The number of ether oxygens (including phenoxy) is 3. The molecule has 1 N–H and O–H groups in total. The molecule has 2 aromatic carbocycles. The maximum atomic E-state index is 12.9. The molecule has 0 aliphatic heterocycles. The van der Waals surface area contributed by atoms with Gasteiger partial charge in [-0.15, -0.1) is 0 Å². The summed E-state index contributed by atoms with van der Waals surface area (Å²) in [5, 5.41) is 2.78. The van der Waals surface area contributed by atoms with E-state index in [2.05, 4.69) is 5.32 Å². The monoisotopic (exact) mass is 464 g/mol. The van der Waals surface area contributed by atoms with Crippen molar-refractivity contribution < 1.29 is 27.4 Å². The Bertz CT molecular complexity index is 975. The van der Waals surface area contributed by atoms with Crippen molar-refractivity contribution in [2.75, 3.05) is 38.2 Å². The van der Waals surface area contributed by atoms with Crippen LogP contribution in [0.3, 0.4) is 0 Å². The van der Waals surface area contributed by atoms with Crippen LogP contribution in [0.25, 0.3) is 0 Å². The average Bonchev–Trinajstić information content (AvgIpc) is 2.77. The van der Waals surface area contributed by atoms with Gasteiger partial charge in [0.25, 0.3) is 5.91 Å². The Labute approximate surface area is 190 Å². The van der Waals surface area contributed by atoms with Crippen LogP contribution in [0.4, 0.5) is 5.69 Å². The van der Waals surface area contributed by atoms with E-state index in [0.717, 1.165) is 0 Å². The van der Waals surface area contributed by atoms with Crippen LogP contribution in [0.1, 0.15) is 45.0 Å². The first kappa shape index (κ1) is 25.5. The van der Waals surface area contributed by atoms with E-state index in [0.29, 0.717) is 61.4 Å². The van der Waals surface area contributed by atoms with Gasteiger partial charge < -0.3 is 19.5 Å². The number of nitrogens with zero attached hydrogens (tertiary/aromatic N) is 1. The maximum absolute atomic E-state index is 12.9. The summed E-state index contributed by atoms with van der Waals surface area (Å²) >= 11 is 0. The number of rotatable bonds is 12. The van der Waals surface area contributed by atoms with Gasteiger partial charge in [-0.05, 0) is 57.2 Å². The van der Waals surface area contributed by atoms with Crippen LogP contribution in [0, 0.1) is 0 Å². The molecule has 0 aliphatic carbocycles. The smallest absolute Gasteiger partial charge is 0.255 e. The third-order valence-electron chi connectivity index (χ3n) is 4.63. The Balaban J connectivity index is 2.30. The lowest BCUT2D eigenvalue weighted by Crippen LogP contribution is -2.30. The van der Waals surface area contributed by atoms with Crippen molar-refractivity contribution >= 4 is 21.6 Å². The van der Waals surface area contributed by atoms with E-state index >= 15 is 0 Å². The van der Waals surface area contributed by atoms with Crippen LogP contribution in [-0.2, 0) is 10.0 Å². The maximum Gasteiger partial charge on any atom is 0.255 e. The number of amides is 1. The van der Waals surface area contributed by atoms with Gasteiger partial charge in [-0.1, -0.05) is 13.8 Å². The summed E-state index contributed by atoms with van der Waals surface area (Å²) in [6.07, 6.45) is 0. The molecule has 32 heavy (non-hydrogen) atoms. The second-order valence-electron chi connectivity index (χ2n) is 6.67. The lowest BCUT2D eigenvalue weighted by molar-refractivity contribution is 0.102. The fourth-order valence-electron chi connectivity index (χ4n) is 3.15. The van der Waals surface area contributed by atoms with Gasteiger partial charge in [-0.3, -0.25) is 4.79 Å². The van der Waals surface area contributed by atoms with Crippen LogP contribution >= 0.6 is 0 Å². The van der Waals surface area contributed by atoms with Gasteiger partial charge in [-0.25, -0.2) is 8.42 Å². The van der Waals surface area contributed by atoms with Crippen molar-refractivity contribution in [2.45, 2.75) is 39.5 Å². The zero-order valence-corrected chi connectivity index (χ0v) is 20.1. The molecular formula is C23H32N2O6S. The van der Waals surface area contributed by atoms with Crippen LogP contribution in [0.15, 0.2) is 41.3 Å². The first-order valence-corrected chi connectivity index (χ1v) is 12.2. The van der Waals surface area contributed by atoms with E-state index in [1.54, 1.807) is 38.1 Å². The average molecular weight is 465 g/mol. The first-order valence-electron chi connectivity index (χ1n) is 10.8. The normalized spacial score (nSPS) is 11.3. The van der Waals surface area contributed by atoms with E-state index < -0.39 is 10.0 Å². The van der Waals surface area contributed by atoms with Crippen molar-refractivity contribution in [1.82, 2.24) is 4.31 Å². The lowest BCUT2D eigenvalue weighted by atomic mass is 10.1. The summed E-state index contributed by atoms with van der Waals surface area (Å²) in [5.41, 5.74) is 0.804. The molecule has 0 radical (unpaired) electrons. The Hall–Kier alpha value is -2.78. The molecule has 0 aromatic heterocycles. The second-order valence-corrected chi connectivity index (χ2v) is 8.61. The summed E-state index contributed by atoms with van der Waals surface area (Å²) in [6.45, 7) is 11.1. The van der Waals surface area contributed by atoms with Gasteiger partial charge >= 0.3 is 0 Å². The lowest BCUT2D eigenvalue weighted by Gasteiger charge is -2.18. The number of hydrogen-bond donors (Lipinski definition) is 1. The Kier molecular flexibility index (Phi) is 9.34. The summed E-state index contributed by atoms with van der Waals surface area (Å²) in [4.78, 5) is 13.1. The highest BCUT2D eigenvalue weighted by molar-refractivity contribution is 7.89. The van der Waals surface area contributed by atoms with E-state index in [9.17, 15) is 13.2 Å². The molecule has 0 spiro atoms. The predicted molar refractivity (Wildman–Crippen MR) is 124 cm³/mol. The van der Waals surface area contributed by atoms with Crippen molar-refractivity contribution in [3.8, 4) is 17.2 Å². The molecule has 0 saturated heterocycles. The Morgan fingerprint density at radius 3 is 1.78 bits per heavy atom. The van der Waals surface area contributed by atoms with Crippen LogP contribution in [0.2, 0.25) is 0 Å². The van der Waals surface area contributed by atoms with Gasteiger partial charge in [-0.2, -0.15) is 4.31 Å². The van der Waals surface area contributed by atoms with Gasteiger partial charge in [0.2, 0.25) is 15.8 Å². The molecule has 0 unspecified atom stereocenters. The molecule has 9 heteroatoms. The highest BCUT2D eigenvalue weighted by atomic mass is 32.2. The summed E-state index contributed by atoms with van der Waals surface area (Å²) in [7, 11) is -3.56. The number of anilines is 1. The molecule has 0 saturated carbocycles.